The van der Waals surface area contributed by atoms with E-state index in [-0.39, 0.29) is 24.1 Å². The maximum Gasteiger partial charge on any atom is 0.410 e. The van der Waals surface area contributed by atoms with Gasteiger partial charge in [0.05, 0.1) is 0 Å². The molecule has 0 aromatic heterocycles. The highest BCUT2D eigenvalue weighted by Crippen LogP contribution is 2.13. The Balaban J connectivity index is 1.51. The summed E-state index contributed by atoms with van der Waals surface area (Å²) in [6, 6.07) is 0. The zero-order valence-corrected chi connectivity index (χ0v) is 13.2. The van der Waals surface area contributed by atoms with E-state index in [1.807, 2.05) is 0 Å². The number of rotatable bonds is 4. The SMILES string of the molecule is O=C(OCSCOC(=O)N1CCCCC1)N1CCCCC1. The van der Waals surface area contributed by atoms with Gasteiger partial charge in [0.25, 0.3) is 0 Å². The molecule has 0 unspecified atom stereocenters. The van der Waals surface area contributed by atoms with Gasteiger partial charge in [-0.15, -0.1) is 0 Å². The van der Waals surface area contributed by atoms with Crippen LogP contribution in [0, 0.1) is 0 Å². The number of hydrogen-bond donors (Lipinski definition) is 0. The minimum Gasteiger partial charge on any atom is -0.438 e. The predicted octanol–water partition coefficient (Wildman–Crippen LogP) is 2.88. The van der Waals surface area contributed by atoms with Crippen molar-refractivity contribution in [3.63, 3.8) is 0 Å². The lowest BCUT2D eigenvalue weighted by molar-refractivity contribution is 0.107. The van der Waals surface area contributed by atoms with Gasteiger partial charge in [-0.25, -0.2) is 9.59 Å². The molecule has 2 fully saturated rings. The van der Waals surface area contributed by atoms with E-state index in [4.69, 9.17) is 9.47 Å². The number of likely N-dealkylation sites (tertiary alicyclic amines) is 2. The molecule has 2 aliphatic heterocycles. The topological polar surface area (TPSA) is 59.1 Å². The molecule has 2 heterocycles. The molecule has 0 spiro atoms. The van der Waals surface area contributed by atoms with Gasteiger partial charge in [0.2, 0.25) is 0 Å². The van der Waals surface area contributed by atoms with Crippen molar-refractivity contribution < 1.29 is 19.1 Å². The average molecular weight is 316 g/mol. The van der Waals surface area contributed by atoms with Crippen LogP contribution in [0.5, 0.6) is 0 Å². The second-order valence-electron chi connectivity index (χ2n) is 5.36. The average Bonchev–Trinajstić information content (AvgIpc) is 2.55. The van der Waals surface area contributed by atoms with Crippen LogP contribution < -0.4 is 0 Å². The number of thioether (sulfide) groups is 1. The largest absolute Gasteiger partial charge is 0.438 e. The fourth-order valence-corrected chi connectivity index (χ4v) is 2.99. The maximum atomic E-state index is 11.7. The molecule has 6 nitrogen and oxygen atoms in total. The van der Waals surface area contributed by atoms with Crippen LogP contribution in [0.4, 0.5) is 9.59 Å². The molecule has 0 saturated carbocycles. The van der Waals surface area contributed by atoms with Crippen LogP contribution in [-0.2, 0) is 9.47 Å². The number of nitrogens with zero attached hydrogens (tertiary/aromatic N) is 2. The van der Waals surface area contributed by atoms with Crippen LogP contribution in [0.3, 0.4) is 0 Å². The third-order valence-corrected chi connectivity index (χ3v) is 4.33. The summed E-state index contributed by atoms with van der Waals surface area (Å²) in [5.74, 6) is 0.450. The standard InChI is InChI=1S/C14H24N2O4S/c17-13(15-7-3-1-4-8-15)19-11-21-12-20-14(18)16-9-5-2-6-10-16/h1-12H2. The summed E-state index contributed by atoms with van der Waals surface area (Å²) in [6.45, 7) is 3.14. The van der Waals surface area contributed by atoms with Crippen molar-refractivity contribution in [2.75, 3.05) is 38.1 Å². The summed E-state index contributed by atoms with van der Waals surface area (Å²) in [5.41, 5.74) is 0. The predicted molar refractivity (Wildman–Crippen MR) is 81.1 cm³/mol. The Morgan fingerprint density at radius 3 is 1.48 bits per heavy atom. The highest BCUT2D eigenvalue weighted by Gasteiger charge is 2.19. The molecule has 0 radical (unpaired) electrons. The zero-order chi connectivity index (χ0) is 14.9. The summed E-state index contributed by atoms with van der Waals surface area (Å²) < 4.78 is 10.3. The van der Waals surface area contributed by atoms with Gasteiger partial charge in [-0.3, -0.25) is 0 Å². The highest BCUT2D eigenvalue weighted by atomic mass is 32.2. The van der Waals surface area contributed by atoms with Gasteiger partial charge in [-0.2, -0.15) is 0 Å². The lowest BCUT2D eigenvalue weighted by Gasteiger charge is -2.26. The van der Waals surface area contributed by atoms with E-state index < -0.39 is 0 Å². The Hall–Kier alpha value is -1.11. The molecule has 0 aromatic rings. The summed E-state index contributed by atoms with van der Waals surface area (Å²) >= 11 is 1.30. The van der Waals surface area contributed by atoms with Crippen LogP contribution in [0.15, 0.2) is 0 Å². The fraction of sp³-hybridized carbons (Fsp3) is 0.857. The first-order valence-corrected chi connectivity index (χ1v) is 8.84. The van der Waals surface area contributed by atoms with Gasteiger partial charge < -0.3 is 19.3 Å². The van der Waals surface area contributed by atoms with Crippen LogP contribution in [0.25, 0.3) is 0 Å². The van der Waals surface area contributed by atoms with Gasteiger partial charge in [-0.1, -0.05) is 11.8 Å². The van der Waals surface area contributed by atoms with Crippen molar-refractivity contribution in [1.82, 2.24) is 9.80 Å². The van der Waals surface area contributed by atoms with Crippen molar-refractivity contribution in [3.8, 4) is 0 Å². The normalized spacial score (nSPS) is 19.2. The number of ether oxygens (including phenoxy) is 2. The van der Waals surface area contributed by atoms with E-state index in [9.17, 15) is 9.59 Å². The molecular formula is C14H24N2O4S. The van der Waals surface area contributed by atoms with Crippen molar-refractivity contribution in [3.05, 3.63) is 0 Å². The first-order chi connectivity index (χ1) is 10.3. The van der Waals surface area contributed by atoms with Gasteiger partial charge in [0, 0.05) is 26.2 Å². The molecule has 7 heteroatoms. The lowest BCUT2D eigenvalue weighted by Crippen LogP contribution is -2.36. The van der Waals surface area contributed by atoms with E-state index in [2.05, 4.69) is 0 Å². The van der Waals surface area contributed by atoms with Crippen LogP contribution in [0.2, 0.25) is 0 Å². The first kappa shape index (κ1) is 16.3. The van der Waals surface area contributed by atoms with Crippen molar-refractivity contribution in [2.45, 2.75) is 38.5 Å². The number of hydrogen-bond acceptors (Lipinski definition) is 5. The molecule has 21 heavy (non-hydrogen) atoms. The van der Waals surface area contributed by atoms with E-state index in [0.29, 0.717) is 0 Å². The van der Waals surface area contributed by atoms with Crippen molar-refractivity contribution in [2.24, 2.45) is 0 Å². The van der Waals surface area contributed by atoms with Crippen molar-refractivity contribution >= 4 is 23.9 Å². The van der Waals surface area contributed by atoms with Crippen molar-refractivity contribution in [1.29, 1.82) is 0 Å². The number of piperidine rings is 2. The lowest BCUT2D eigenvalue weighted by atomic mass is 10.1. The van der Waals surface area contributed by atoms with Crippen LogP contribution in [-0.4, -0.2) is 60.0 Å². The highest BCUT2D eigenvalue weighted by molar-refractivity contribution is 7.99. The third-order valence-electron chi connectivity index (χ3n) is 3.76. The molecule has 0 aromatic carbocycles. The summed E-state index contributed by atoms with van der Waals surface area (Å²) in [6.07, 6.45) is 6.06. The smallest absolute Gasteiger partial charge is 0.410 e. The maximum absolute atomic E-state index is 11.7. The second-order valence-corrected chi connectivity index (χ2v) is 6.24. The minimum absolute atomic E-state index is 0.225. The van der Waals surface area contributed by atoms with Crippen LogP contribution >= 0.6 is 11.8 Å². The van der Waals surface area contributed by atoms with E-state index >= 15 is 0 Å². The van der Waals surface area contributed by atoms with Gasteiger partial charge in [0.15, 0.2) is 0 Å². The Morgan fingerprint density at radius 2 is 1.10 bits per heavy atom. The van der Waals surface area contributed by atoms with Gasteiger partial charge in [-0.05, 0) is 38.5 Å². The molecule has 2 saturated heterocycles. The van der Waals surface area contributed by atoms with E-state index in [1.54, 1.807) is 9.80 Å². The number of carbonyl (C=O) groups is 2. The monoisotopic (exact) mass is 316 g/mol. The zero-order valence-electron chi connectivity index (χ0n) is 12.4. The molecular weight excluding hydrogens is 292 g/mol. The molecule has 2 rings (SSSR count). The van der Waals surface area contributed by atoms with E-state index in [1.165, 1.54) is 24.6 Å². The molecule has 0 aliphatic carbocycles. The summed E-state index contributed by atoms with van der Waals surface area (Å²) in [5, 5.41) is 0. The minimum atomic E-state index is -0.260. The molecule has 120 valence electrons. The molecule has 0 bridgehead atoms. The van der Waals surface area contributed by atoms with Crippen LogP contribution in [0.1, 0.15) is 38.5 Å². The molecule has 2 aliphatic rings. The number of amides is 2. The summed E-state index contributed by atoms with van der Waals surface area (Å²) in [4.78, 5) is 26.9. The molecule has 0 N–H and O–H groups in total. The van der Waals surface area contributed by atoms with E-state index in [0.717, 1.165) is 51.9 Å². The van der Waals surface area contributed by atoms with Gasteiger partial charge >= 0.3 is 12.2 Å². The Bertz CT molecular complexity index is 310. The Labute approximate surface area is 130 Å². The fourth-order valence-electron chi connectivity index (χ4n) is 2.55. The Morgan fingerprint density at radius 1 is 0.714 bits per heavy atom. The molecule has 2 amide bonds. The second kappa shape index (κ2) is 9.02. The van der Waals surface area contributed by atoms with Gasteiger partial charge in [0.1, 0.15) is 11.9 Å². The number of carbonyl (C=O) groups excluding carboxylic acids is 2. The summed E-state index contributed by atoms with van der Waals surface area (Å²) in [7, 11) is 0. The molecule has 0 atom stereocenters. The quantitative estimate of drug-likeness (QED) is 0.589. The first-order valence-electron chi connectivity index (χ1n) is 7.68. The third kappa shape index (κ3) is 5.65. The Kier molecular flexibility index (Phi) is 6.99.